The third-order valence-electron chi connectivity index (χ3n) is 3.12. The van der Waals surface area contributed by atoms with Crippen LogP contribution < -0.4 is 10.6 Å². The molecule has 0 aromatic carbocycles. The zero-order valence-electron chi connectivity index (χ0n) is 13.0. The van der Waals surface area contributed by atoms with Crippen LogP contribution in [0, 0.1) is 18.8 Å². The summed E-state index contributed by atoms with van der Waals surface area (Å²) in [6.07, 6.45) is 2.34. The first-order valence-electron chi connectivity index (χ1n) is 7.24. The Balaban J connectivity index is 2.80. The fourth-order valence-corrected chi connectivity index (χ4v) is 1.91. The fourth-order valence-electron chi connectivity index (χ4n) is 1.91. The van der Waals surface area contributed by atoms with E-state index in [2.05, 4.69) is 42.6 Å². The number of aromatic nitrogens is 2. The average Bonchev–Trinajstić information content (AvgIpc) is 2.26. The van der Waals surface area contributed by atoms with Gasteiger partial charge >= 0.3 is 0 Å². The molecule has 0 saturated carbocycles. The van der Waals surface area contributed by atoms with E-state index >= 15 is 0 Å². The summed E-state index contributed by atoms with van der Waals surface area (Å²) in [5, 5.41) is 0. The summed E-state index contributed by atoms with van der Waals surface area (Å²) in [6, 6.07) is 1.88. The van der Waals surface area contributed by atoms with E-state index in [1.54, 1.807) is 0 Å². The molecule has 1 heterocycles. The molecule has 0 bridgehead atoms. The van der Waals surface area contributed by atoms with Gasteiger partial charge in [0.15, 0.2) is 0 Å². The predicted molar refractivity (Wildman–Crippen MR) is 82.3 cm³/mol. The van der Waals surface area contributed by atoms with Crippen LogP contribution in [0.25, 0.3) is 0 Å². The highest BCUT2D eigenvalue weighted by molar-refractivity contribution is 5.46. The molecule has 0 aliphatic rings. The highest BCUT2D eigenvalue weighted by Crippen LogP contribution is 2.17. The van der Waals surface area contributed by atoms with Crippen molar-refractivity contribution in [1.82, 2.24) is 9.97 Å². The minimum absolute atomic E-state index is 0.557. The summed E-state index contributed by atoms with van der Waals surface area (Å²) in [4.78, 5) is 11.0. The van der Waals surface area contributed by atoms with Crippen molar-refractivity contribution in [3.05, 3.63) is 11.9 Å². The maximum Gasteiger partial charge on any atom is 0.134 e. The smallest absolute Gasteiger partial charge is 0.134 e. The molecule has 0 aliphatic carbocycles. The minimum atomic E-state index is 0.557. The van der Waals surface area contributed by atoms with E-state index in [1.165, 1.54) is 12.8 Å². The fraction of sp³-hybridized carbons (Fsp3) is 0.733. The quantitative estimate of drug-likeness (QED) is 0.821. The van der Waals surface area contributed by atoms with Crippen LogP contribution >= 0.6 is 0 Å². The molecule has 19 heavy (non-hydrogen) atoms. The molecule has 0 unspecified atom stereocenters. The van der Waals surface area contributed by atoms with Crippen molar-refractivity contribution in [2.75, 3.05) is 23.7 Å². The van der Waals surface area contributed by atoms with Crippen LogP contribution in [0.4, 0.5) is 11.6 Å². The van der Waals surface area contributed by atoms with E-state index in [1.807, 2.05) is 13.0 Å². The van der Waals surface area contributed by atoms with E-state index in [0.717, 1.165) is 24.7 Å². The second kappa shape index (κ2) is 7.31. The lowest BCUT2D eigenvalue weighted by molar-refractivity contribution is 0.532. The van der Waals surface area contributed by atoms with Crippen molar-refractivity contribution in [3.63, 3.8) is 0 Å². The van der Waals surface area contributed by atoms with Crippen LogP contribution in [-0.4, -0.2) is 23.1 Å². The number of hydrogen-bond acceptors (Lipinski definition) is 4. The van der Waals surface area contributed by atoms with Crippen LogP contribution in [0.2, 0.25) is 0 Å². The number of anilines is 2. The molecule has 0 radical (unpaired) electrons. The van der Waals surface area contributed by atoms with Gasteiger partial charge in [-0.05, 0) is 31.6 Å². The number of nitrogen functional groups attached to an aromatic ring is 1. The third-order valence-corrected chi connectivity index (χ3v) is 3.12. The van der Waals surface area contributed by atoms with Crippen LogP contribution in [-0.2, 0) is 0 Å². The van der Waals surface area contributed by atoms with Gasteiger partial charge in [-0.25, -0.2) is 9.97 Å². The summed E-state index contributed by atoms with van der Waals surface area (Å²) >= 11 is 0. The first-order chi connectivity index (χ1) is 8.88. The molecule has 4 nitrogen and oxygen atoms in total. The summed E-state index contributed by atoms with van der Waals surface area (Å²) < 4.78 is 0. The number of aryl methyl sites for hydroxylation is 1. The van der Waals surface area contributed by atoms with Crippen molar-refractivity contribution in [2.45, 2.75) is 47.5 Å². The van der Waals surface area contributed by atoms with Crippen molar-refractivity contribution in [2.24, 2.45) is 11.8 Å². The number of hydrogen-bond donors (Lipinski definition) is 1. The Morgan fingerprint density at radius 1 is 1.05 bits per heavy atom. The summed E-state index contributed by atoms with van der Waals surface area (Å²) in [5.74, 6) is 3.66. The molecule has 1 aromatic heterocycles. The number of rotatable bonds is 7. The summed E-state index contributed by atoms with van der Waals surface area (Å²) in [5.41, 5.74) is 5.83. The second-order valence-corrected chi connectivity index (χ2v) is 6.05. The Bertz CT molecular complexity index is 355. The van der Waals surface area contributed by atoms with Gasteiger partial charge in [0.2, 0.25) is 0 Å². The lowest BCUT2D eigenvalue weighted by atomic mass is 10.1. The molecule has 1 aromatic rings. The Hall–Kier alpha value is -1.32. The minimum Gasteiger partial charge on any atom is -0.384 e. The van der Waals surface area contributed by atoms with E-state index in [4.69, 9.17) is 5.73 Å². The number of nitrogens with zero attached hydrogens (tertiary/aromatic N) is 3. The Morgan fingerprint density at radius 2 is 1.58 bits per heavy atom. The lowest BCUT2D eigenvalue weighted by Gasteiger charge is -2.25. The van der Waals surface area contributed by atoms with Crippen LogP contribution in [0.3, 0.4) is 0 Å². The molecule has 0 saturated heterocycles. The average molecular weight is 264 g/mol. The molecule has 0 fully saturated rings. The monoisotopic (exact) mass is 264 g/mol. The SMILES string of the molecule is Cc1nc(N)cc(N(CCC(C)C)CCC(C)C)n1. The third kappa shape index (κ3) is 5.90. The second-order valence-electron chi connectivity index (χ2n) is 6.05. The predicted octanol–water partition coefficient (Wildman–Crippen LogP) is 3.27. The van der Waals surface area contributed by atoms with Gasteiger partial charge in [0, 0.05) is 19.2 Å². The van der Waals surface area contributed by atoms with Gasteiger partial charge < -0.3 is 10.6 Å². The maximum absolute atomic E-state index is 5.83. The maximum atomic E-state index is 5.83. The van der Waals surface area contributed by atoms with Gasteiger partial charge in [0.05, 0.1) is 0 Å². The Labute approximate surface area is 117 Å². The van der Waals surface area contributed by atoms with Crippen LogP contribution in [0.15, 0.2) is 6.07 Å². The molecular weight excluding hydrogens is 236 g/mol. The number of nitrogens with two attached hydrogens (primary N) is 1. The Kier molecular flexibility index (Phi) is 6.06. The van der Waals surface area contributed by atoms with Gasteiger partial charge in [-0.3, -0.25) is 0 Å². The Morgan fingerprint density at radius 3 is 2.00 bits per heavy atom. The molecule has 4 heteroatoms. The highest BCUT2D eigenvalue weighted by atomic mass is 15.2. The summed E-state index contributed by atoms with van der Waals surface area (Å²) in [6.45, 7) is 12.9. The van der Waals surface area contributed by atoms with Gasteiger partial charge in [0.25, 0.3) is 0 Å². The highest BCUT2D eigenvalue weighted by Gasteiger charge is 2.11. The largest absolute Gasteiger partial charge is 0.384 e. The summed E-state index contributed by atoms with van der Waals surface area (Å²) in [7, 11) is 0. The van der Waals surface area contributed by atoms with Gasteiger partial charge in [-0.15, -0.1) is 0 Å². The normalized spacial score (nSPS) is 11.3. The first-order valence-corrected chi connectivity index (χ1v) is 7.24. The van der Waals surface area contributed by atoms with Crippen molar-refractivity contribution in [1.29, 1.82) is 0 Å². The molecule has 0 atom stereocenters. The zero-order valence-corrected chi connectivity index (χ0v) is 13.0. The molecule has 0 spiro atoms. The van der Waals surface area contributed by atoms with E-state index in [9.17, 15) is 0 Å². The van der Waals surface area contributed by atoms with Crippen LogP contribution in [0.5, 0.6) is 0 Å². The molecular formula is C15H28N4. The van der Waals surface area contributed by atoms with Gasteiger partial charge in [-0.2, -0.15) is 0 Å². The van der Waals surface area contributed by atoms with Gasteiger partial charge in [-0.1, -0.05) is 27.7 Å². The zero-order chi connectivity index (χ0) is 14.4. The van der Waals surface area contributed by atoms with Crippen molar-refractivity contribution < 1.29 is 0 Å². The topological polar surface area (TPSA) is 55.0 Å². The van der Waals surface area contributed by atoms with Gasteiger partial charge in [0.1, 0.15) is 17.5 Å². The lowest BCUT2D eigenvalue weighted by Crippen LogP contribution is -2.28. The van der Waals surface area contributed by atoms with Crippen molar-refractivity contribution >= 4 is 11.6 Å². The molecule has 0 amide bonds. The molecule has 108 valence electrons. The van der Waals surface area contributed by atoms with E-state index < -0.39 is 0 Å². The van der Waals surface area contributed by atoms with Crippen LogP contribution in [0.1, 0.15) is 46.4 Å². The molecule has 1 rings (SSSR count). The molecule has 0 aliphatic heterocycles. The molecule has 2 N–H and O–H groups in total. The first kappa shape index (κ1) is 15.7. The van der Waals surface area contributed by atoms with E-state index in [0.29, 0.717) is 17.7 Å². The van der Waals surface area contributed by atoms with E-state index in [-0.39, 0.29) is 0 Å². The van der Waals surface area contributed by atoms with Crippen molar-refractivity contribution in [3.8, 4) is 0 Å². The standard InChI is InChI=1S/C15H28N4/c1-11(2)6-8-19(9-7-12(3)4)15-10-14(16)17-13(5)18-15/h10-12H,6-9H2,1-5H3,(H2,16,17,18).